The minimum absolute atomic E-state index is 0.142. The molecule has 1 N–H and O–H groups in total. The van der Waals surface area contributed by atoms with Crippen LogP contribution in [-0.2, 0) is 17.7 Å². The Hall–Kier alpha value is -4.35. The molecule has 11 nitrogen and oxygen atoms in total. The van der Waals surface area contributed by atoms with Gasteiger partial charge >= 0.3 is 6.09 Å². The van der Waals surface area contributed by atoms with Crippen molar-refractivity contribution < 1.29 is 23.8 Å². The predicted octanol–water partition coefficient (Wildman–Crippen LogP) is 5.80. The fourth-order valence-electron chi connectivity index (χ4n) is 5.53. The van der Waals surface area contributed by atoms with Crippen LogP contribution in [0.4, 0.5) is 4.79 Å². The van der Waals surface area contributed by atoms with Crippen LogP contribution in [0.2, 0.25) is 5.15 Å². The molecule has 1 aromatic carbocycles. The summed E-state index contributed by atoms with van der Waals surface area (Å²) in [7, 11) is 1.73. The minimum atomic E-state index is -0.949. The first-order valence-corrected chi connectivity index (χ1v) is 15.2. The van der Waals surface area contributed by atoms with Crippen molar-refractivity contribution in [1.29, 1.82) is 0 Å². The number of ether oxygens (including phenoxy) is 1. The summed E-state index contributed by atoms with van der Waals surface area (Å²) in [5.74, 6) is 0.697. The van der Waals surface area contributed by atoms with E-state index >= 15 is 0 Å². The second kappa shape index (κ2) is 13.3. The molecule has 4 aromatic rings. The van der Waals surface area contributed by atoms with E-state index in [0.29, 0.717) is 59.4 Å². The van der Waals surface area contributed by atoms with Crippen molar-refractivity contribution in [3.05, 3.63) is 94.4 Å². The van der Waals surface area contributed by atoms with Gasteiger partial charge in [0.2, 0.25) is 11.8 Å². The predicted molar refractivity (Wildman–Crippen MR) is 167 cm³/mol. The van der Waals surface area contributed by atoms with Crippen molar-refractivity contribution in [3.63, 3.8) is 0 Å². The third-order valence-corrected chi connectivity index (χ3v) is 7.84. The van der Waals surface area contributed by atoms with Gasteiger partial charge < -0.3 is 19.2 Å². The van der Waals surface area contributed by atoms with E-state index in [0.717, 1.165) is 11.1 Å². The number of amides is 2. The quantitative estimate of drug-likeness (QED) is 0.239. The number of carbonyl (C=O) groups is 2. The number of benzene rings is 1. The van der Waals surface area contributed by atoms with Gasteiger partial charge in [-0.15, -0.1) is 10.2 Å². The highest BCUT2D eigenvalue weighted by Crippen LogP contribution is 2.36. The van der Waals surface area contributed by atoms with Gasteiger partial charge in [0.15, 0.2) is 0 Å². The van der Waals surface area contributed by atoms with E-state index in [1.807, 2.05) is 39.0 Å². The second-order valence-electron chi connectivity index (χ2n) is 12.3. The van der Waals surface area contributed by atoms with Crippen LogP contribution in [0, 0.1) is 6.92 Å². The second-order valence-corrected chi connectivity index (χ2v) is 12.7. The van der Waals surface area contributed by atoms with Crippen molar-refractivity contribution in [1.82, 2.24) is 30.0 Å². The van der Waals surface area contributed by atoms with Gasteiger partial charge in [0, 0.05) is 56.3 Å². The van der Waals surface area contributed by atoms with Crippen molar-refractivity contribution in [2.24, 2.45) is 0 Å². The van der Waals surface area contributed by atoms with Crippen LogP contribution in [0.15, 0.2) is 65.5 Å². The first-order valence-electron chi connectivity index (χ1n) is 14.8. The number of aliphatic hydroxyl groups is 1. The number of aliphatic hydroxyl groups excluding tert-OH is 1. The maximum absolute atomic E-state index is 13.4. The summed E-state index contributed by atoms with van der Waals surface area (Å²) in [6.07, 6.45) is 5.27. The molecule has 1 saturated heterocycles. The molecule has 0 bridgehead atoms. The van der Waals surface area contributed by atoms with E-state index < -0.39 is 23.8 Å². The standard InChI is InChI=1S/C33H37ClN6O5/c1-20-37-38-30(44-20)25-14-22(16-35-17-25)19-39(5)31(42)23-8-6-21(7-9-23)15-26-11-12-27(40(26)32(43)45-33(2,3)4)29(41)24-10-13-28(34)36-18-24/h6-10,13-14,16-18,26-27,29,41H,11-12,15,19H2,1-5H3/t26-,27+,29+/m0/s1. The molecule has 5 rings (SSSR count). The van der Waals surface area contributed by atoms with Crippen molar-refractivity contribution in [3.8, 4) is 11.5 Å². The highest BCUT2D eigenvalue weighted by Gasteiger charge is 2.43. The summed E-state index contributed by atoms with van der Waals surface area (Å²) >= 11 is 5.94. The molecule has 1 aliphatic heterocycles. The minimum Gasteiger partial charge on any atom is -0.444 e. The molecule has 1 fully saturated rings. The molecule has 12 heteroatoms. The average molecular weight is 633 g/mol. The van der Waals surface area contributed by atoms with Crippen molar-refractivity contribution >= 4 is 23.6 Å². The summed E-state index contributed by atoms with van der Waals surface area (Å²) in [6, 6.07) is 11.9. The summed E-state index contributed by atoms with van der Waals surface area (Å²) in [5.41, 5.74) is 2.90. The molecule has 236 valence electrons. The summed E-state index contributed by atoms with van der Waals surface area (Å²) < 4.78 is 11.3. The number of nitrogens with zero attached hydrogens (tertiary/aromatic N) is 6. The van der Waals surface area contributed by atoms with Gasteiger partial charge in [0.05, 0.1) is 11.6 Å². The smallest absolute Gasteiger partial charge is 0.410 e. The van der Waals surface area contributed by atoms with Gasteiger partial charge in [-0.25, -0.2) is 9.78 Å². The van der Waals surface area contributed by atoms with Crippen LogP contribution in [0.3, 0.4) is 0 Å². The van der Waals surface area contributed by atoms with Gasteiger partial charge in [-0.2, -0.15) is 0 Å². The lowest BCUT2D eigenvalue weighted by Crippen LogP contribution is -2.47. The Morgan fingerprint density at radius 2 is 1.84 bits per heavy atom. The Morgan fingerprint density at radius 1 is 1.09 bits per heavy atom. The van der Waals surface area contributed by atoms with E-state index in [-0.39, 0.29) is 11.9 Å². The zero-order valence-electron chi connectivity index (χ0n) is 26.0. The van der Waals surface area contributed by atoms with Gasteiger partial charge in [-0.3, -0.25) is 14.7 Å². The molecule has 0 radical (unpaired) electrons. The Labute approximate surface area is 267 Å². The van der Waals surface area contributed by atoms with E-state index in [1.165, 1.54) is 6.20 Å². The van der Waals surface area contributed by atoms with Crippen LogP contribution >= 0.6 is 11.6 Å². The molecule has 0 saturated carbocycles. The molecule has 4 heterocycles. The van der Waals surface area contributed by atoms with E-state index in [1.54, 1.807) is 60.4 Å². The van der Waals surface area contributed by atoms with E-state index in [2.05, 4.69) is 20.2 Å². The van der Waals surface area contributed by atoms with Crippen LogP contribution in [0.5, 0.6) is 0 Å². The topological polar surface area (TPSA) is 135 Å². The number of hydrogen-bond donors (Lipinski definition) is 1. The van der Waals surface area contributed by atoms with Gasteiger partial charge in [-0.05, 0) is 75.4 Å². The SMILES string of the molecule is Cc1nnc(-c2cncc(CN(C)C(=O)c3ccc(C[C@@H]4CC[C@H]([C@H](O)c5ccc(Cl)nc5)N4C(=O)OC(C)(C)C)cc3)c2)o1. The highest BCUT2D eigenvalue weighted by atomic mass is 35.5. The first kappa shape index (κ1) is 32.1. The monoisotopic (exact) mass is 632 g/mol. The zero-order chi connectivity index (χ0) is 32.3. The van der Waals surface area contributed by atoms with E-state index in [9.17, 15) is 14.7 Å². The Bertz CT molecular complexity index is 1640. The zero-order valence-corrected chi connectivity index (χ0v) is 26.7. The number of carbonyl (C=O) groups excluding carboxylic acids is 2. The Kier molecular flexibility index (Phi) is 9.50. The third kappa shape index (κ3) is 7.84. The van der Waals surface area contributed by atoms with Crippen LogP contribution in [0.1, 0.15) is 72.7 Å². The number of aromatic nitrogens is 4. The number of likely N-dealkylation sites (tertiary alicyclic amines) is 1. The Balaban J connectivity index is 1.27. The molecule has 0 unspecified atom stereocenters. The highest BCUT2D eigenvalue weighted by molar-refractivity contribution is 6.29. The first-order chi connectivity index (χ1) is 21.4. The van der Waals surface area contributed by atoms with Crippen LogP contribution in [0.25, 0.3) is 11.5 Å². The molecular formula is C33H37ClN6O5. The molecule has 0 aliphatic carbocycles. The van der Waals surface area contributed by atoms with Crippen molar-refractivity contribution in [2.75, 3.05) is 7.05 Å². The number of pyridine rings is 2. The number of hydrogen-bond acceptors (Lipinski definition) is 9. The number of rotatable bonds is 8. The summed E-state index contributed by atoms with van der Waals surface area (Å²) in [5, 5.41) is 19.5. The molecule has 1 aliphatic rings. The molecule has 0 spiro atoms. The molecule has 3 aromatic heterocycles. The normalized spacial score (nSPS) is 17.3. The fourth-order valence-corrected chi connectivity index (χ4v) is 5.64. The summed E-state index contributed by atoms with van der Waals surface area (Å²) in [4.78, 5) is 38.3. The maximum atomic E-state index is 13.4. The van der Waals surface area contributed by atoms with Gasteiger partial charge in [0.1, 0.15) is 16.9 Å². The Morgan fingerprint density at radius 3 is 2.49 bits per heavy atom. The molecule has 45 heavy (non-hydrogen) atoms. The number of aryl methyl sites for hydroxylation is 1. The van der Waals surface area contributed by atoms with Crippen molar-refractivity contribution in [2.45, 2.75) is 77.3 Å². The largest absolute Gasteiger partial charge is 0.444 e. The molecule has 2 amide bonds. The van der Waals surface area contributed by atoms with Gasteiger partial charge in [0.25, 0.3) is 5.91 Å². The van der Waals surface area contributed by atoms with Crippen LogP contribution < -0.4 is 0 Å². The lowest BCUT2D eigenvalue weighted by Gasteiger charge is -2.34. The number of halogens is 1. The third-order valence-electron chi connectivity index (χ3n) is 7.61. The average Bonchev–Trinajstić information content (AvgIpc) is 3.63. The lowest BCUT2D eigenvalue weighted by molar-refractivity contribution is -0.00459. The summed E-state index contributed by atoms with van der Waals surface area (Å²) in [6.45, 7) is 7.52. The van der Waals surface area contributed by atoms with Crippen LogP contribution in [-0.4, -0.2) is 71.8 Å². The maximum Gasteiger partial charge on any atom is 0.410 e. The molecular weight excluding hydrogens is 596 g/mol. The van der Waals surface area contributed by atoms with E-state index in [4.69, 9.17) is 20.8 Å². The fraction of sp³-hybridized carbons (Fsp3) is 0.394. The lowest BCUT2D eigenvalue weighted by atomic mass is 10.0. The van der Waals surface area contributed by atoms with Gasteiger partial charge in [-0.1, -0.05) is 29.8 Å². The molecule has 3 atom stereocenters.